The summed E-state index contributed by atoms with van der Waals surface area (Å²) in [6, 6.07) is 9.84. The molecule has 0 radical (unpaired) electrons. The number of alkyl halides is 2. The van der Waals surface area contributed by atoms with Crippen LogP contribution < -0.4 is 5.32 Å². The molecule has 0 aliphatic carbocycles. The average Bonchev–Trinajstić information content (AvgIpc) is 2.76. The van der Waals surface area contributed by atoms with E-state index in [-0.39, 0.29) is 24.4 Å². The molecular weight excluding hydrogens is 282 g/mol. The number of rotatable bonds is 6. The zero-order valence-electron chi connectivity index (χ0n) is 11.8. The summed E-state index contributed by atoms with van der Waals surface area (Å²) in [6.45, 7) is 5.26. The highest BCUT2D eigenvalue weighted by Crippen LogP contribution is 2.26. The Morgan fingerprint density at radius 3 is 2.55 bits per heavy atom. The molecule has 0 bridgehead atoms. The molecule has 1 atom stereocenters. The molecule has 2 nitrogen and oxygen atoms in total. The van der Waals surface area contributed by atoms with Crippen molar-refractivity contribution in [3.8, 4) is 0 Å². The molecule has 1 N–H and O–H groups in total. The highest BCUT2D eigenvalue weighted by Gasteiger charge is 2.31. The van der Waals surface area contributed by atoms with E-state index in [1.54, 1.807) is 0 Å². The first kappa shape index (κ1) is 17.3. The van der Waals surface area contributed by atoms with Gasteiger partial charge in [0.15, 0.2) is 0 Å². The predicted molar refractivity (Wildman–Crippen MR) is 80.6 cm³/mol. The molecule has 1 saturated heterocycles. The van der Waals surface area contributed by atoms with Crippen LogP contribution in [0.3, 0.4) is 0 Å². The molecule has 20 heavy (non-hydrogen) atoms. The topological polar surface area (TPSA) is 15.3 Å². The van der Waals surface area contributed by atoms with Gasteiger partial charge >= 0.3 is 0 Å². The number of hydrogen-bond acceptors (Lipinski definition) is 2. The van der Waals surface area contributed by atoms with Crippen molar-refractivity contribution >= 4 is 12.4 Å². The van der Waals surface area contributed by atoms with Crippen molar-refractivity contribution in [3.05, 3.63) is 35.9 Å². The van der Waals surface area contributed by atoms with Gasteiger partial charge in [0.05, 0.1) is 6.54 Å². The van der Waals surface area contributed by atoms with Crippen LogP contribution in [-0.2, 0) is 6.54 Å². The zero-order chi connectivity index (χ0) is 13.7. The molecule has 0 amide bonds. The first-order chi connectivity index (χ1) is 9.07. The Kier molecular flexibility index (Phi) is 6.86. The molecule has 1 aliphatic rings. The van der Waals surface area contributed by atoms with E-state index < -0.39 is 6.43 Å². The van der Waals surface area contributed by atoms with Crippen molar-refractivity contribution in [1.82, 2.24) is 10.2 Å². The molecule has 1 fully saturated rings. The molecule has 5 heteroatoms. The van der Waals surface area contributed by atoms with Crippen LogP contribution >= 0.6 is 12.4 Å². The summed E-state index contributed by atoms with van der Waals surface area (Å²) in [4.78, 5) is 1.88. The van der Waals surface area contributed by atoms with E-state index in [2.05, 4.69) is 12.2 Å². The lowest BCUT2D eigenvalue weighted by atomic mass is 9.89. The van der Waals surface area contributed by atoms with Crippen LogP contribution in [0.1, 0.15) is 18.9 Å². The summed E-state index contributed by atoms with van der Waals surface area (Å²) in [5.41, 5.74) is 1.21. The zero-order valence-corrected chi connectivity index (χ0v) is 12.6. The van der Waals surface area contributed by atoms with Crippen molar-refractivity contribution in [2.45, 2.75) is 26.3 Å². The van der Waals surface area contributed by atoms with Gasteiger partial charge in [-0.2, -0.15) is 0 Å². The first-order valence-electron chi connectivity index (χ1n) is 6.83. The number of nitrogens with one attached hydrogen (secondary N) is 1. The highest BCUT2D eigenvalue weighted by molar-refractivity contribution is 5.85. The predicted octanol–water partition coefficient (Wildman–Crippen LogP) is 3.18. The third-order valence-corrected chi connectivity index (χ3v) is 3.71. The highest BCUT2D eigenvalue weighted by atomic mass is 35.5. The number of hydrogen-bond donors (Lipinski definition) is 1. The second-order valence-corrected chi connectivity index (χ2v) is 5.78. The van der Waals surface area contributed by atoms with E-state index in [0.29, 0.717) is 6.54 Å². The van der Waals surface area contributed by atoms with E-state index >= 15 is 0 Å². The van der Waals surface area contributed by atoms with Crippen LogP contribution in [0.25, 0.3) is 0 Å². The van der Waals surface area contributed by atoms with Gasteiger partial charge in [-0.1, -0.05) is 37.3 Å². The number of nitrogens with zero attached hydrogens (tertiary/aromatic N) is 1. The fourth-order valence-corrected chi connectivity index (χ4v) is 2.77. The van der Waals surface area contributed by atoms with Gasteiger partial charge in [-0.25, -0.2) is 8.78 Å². The Morgan fingerprint density at radius 2 is 2.00 bits per heavy atom. The van der Waals surface area contributed by atoms with Gasteiger partial charge in [0.1, 0.15) is 0 Å². The van der Waals surface area contributed by atoms with Crippen LogP contribution in [-0.4, -0.2) is 37.5 Å². The van der Waals surface area contributed by atoms with E-state index in [1.807, 2.05) is 35.2 Å². The largest absolute Gasteiger partial charge is 0.316 e. The Bertz CT molecular complexity index is 381. The second kappa shape index (κ2) is 7.91. The standard InChI is InChI=1S/C15H22F2N2.ClH/c1-15(7-8-18-11-15)12-19(10-14(16)17)9-13-5-3-2-4-6-13;/h2-6,14,18H,7-12H2,1H3;1H. The van der Waals surface area contributed by atoms with E-state index in [4.69, 9.17) is 0 Å². The quantitative estimate of drug-likeness (QED) is 0.868. The Balaban J connectivity index is 0.00000200. The lowest BCUT2D eigenvalue weighted by Gasteiger charge is -2.31. The molecule has 1 aromatic rings. The van der Waals surface area contributed by atoms with Crippen LogP contribution in [0.4, 0.5) is 8.78 Å². The summed E-state index contributed by atoms with van der Waals surface area (Å²) in [6.07, 6.45) is -1.22. The smallest absolute Gasteiger partial charge is 0.251 e. The molecule has 0 aromatic heterocycles. The maximum absolute atomic E-state index is 12.7. The SMILES string of the molecule is CC1(CN(Cc2ccccc2)CC(F)F)CCNC1.Cl. The average molecular weight is 305 g/mol. The van der Waals surface area contributed by atoms with Gasteiger partial charge in [-0.3, -0.25) is 4.90 Å². The van der Waals surface area contributed by atoms with Crippen molar-refractivity contribution in [2.75, 3.05) is 26.2 Å². The van der Waals surface area contributed by atoms with Crippen LogP contribution in [0, 0.1) is 5.41 Å². The minimum Gasteiger partial charge on any atom is -0.316 e. The van der Waals surface area contributed by atoms with Crippen LogP contribution in [0.2, 0.25) is 0 Å². The monoisotopic (exact) mass is 304 g/mol. The lowest BCUT2D eigenvalue weighted by Crippen LogP contribution is -2.39. The molecule has 2 rings (SSSR count). The van der Waals surface area contributed by atoms with Crippen molar-refractivity contribution in [2.24, 2.45) is 5.41 Å². The first-order valence-corrected chi connectivity index (χ1v) is 6.83. The van der Waals surface area contributed by atoms with Gasteiger partial charge < -0.3 is 5.32 Å². The molecule has 0 saturated carbocycles. The Morgan fingerprint density at radius 1 is 1.30 bits per heavy atom. The van der Waals surface area contributed by atoms with E-state index in [0.717, 1.165) is 31.6 Å². The third kappa shape index (κ3) is 5.35. The number of benzene rings is 1. The molecule has 1 unspecified atom stereocenters. The van der Waals surface area contributed by atoms with Gasteiger partial charge in [-0.15, -0.1) is 12.4 Å². The Hall–Kier alpha value is -0.710. The van der Waals surface area contributed by atoms with Crippen LogP contribution in [0.5, 0.6) is 0 Å². The van der Waals surface area contributed by atoms with Gasteiger partial charge in [0, 0.05) is 19.6 Å². The minimum atomic E-state index is -2.28. The number of halogens is 3. The van der Waals surface area contributed by atoms with Crippen molar-refractivity contribution < 1.29 is 8.78 Å². The summed E-state index contributed by atoms with van der Waals surface area (Å²) < 4.78 is 25.5. The molecule has 1 aromatic carbocycles. The fourth-order valence-electron chi connectivity index (χ4n) is 2.77. The molecular formula is C15H23ClF2N2. The van der Waals surface area contributed by atoms with E-state index in [9.17, 15) is 8.78 Å². The van der Waals surface area contributed by atoms with Crippen molar-refractivity contribution in [1.29, 1.82) is 0 Å². The Labute approximate surface area is 126 Å². The minimum absolute atomic E-state index is 0. The second-order valence-electron chi connectivity index (χ2n) is 5.78. The fraction of sp³-hybridized carbons (Fsp3) is 0.600. The van der Waals surface area contributed by atoms with Gasteiger partial charge in [0.25, 0.3) is 6.43 Å². The molecule has 1 aliphatic heterocycles. The summed E-state index contributed by atoms with van der Waals surface area (Å²) in [7, 11) is 0. The summed E-state index contributed by atoms with van der Waals surface area (Å²) in [5, 5.41) is 3.32. The third-order valence-electron chi connectivity index (χ3n) is 3.71. The molecule has 0 spiro atoms. The lowest BCUT2D eigenvalue weighted by molar-refractivity contribution is 0.0639. The van der Waals surface area contributed by atoms with Gasteiger partial charge in [-0.05, 0) is 23.9 Å². The normalized spacial score (nSPS) is 22.2. The van der Waals surface area contributed by atoms with Gasteiger partial charge in [0.2, 0.25) is 0 Å². The summed E-state index contributed by atoms with van der Waals surface area (Å²) in [5.74, 6) is 0. The van der Waals surface area contributed by atoms with E-state index in [1.165, 1.54) is 0 Å². The van der Waals surface area contributed by atoms with Crippen LogP contribution in [0.15, 0.2) is 30.3 Å². The molecule has 114 valence electrons. The molecule has 1 heterocycles. The summed E-state index contributed by atoms with van der Waals surface area (Å²) >= 11 is 0. The maximum Gasteiger partial charge on any atom is 0.251 e. The maximum atomic E-state index is 12.7. The van der Waals surface area contributed by atoms with Crippen molar-refractivity contribution in [3.63, 3.8) is 0 Å².